The quantitative estimate of drug-likeness (QED) is 0.692. The van der Waals surface area contributed by atoms with Gasteiger partial charge in [-0.25, -0.2) is 0 Å². The second-order valence-corrected chi connectivity index (χ2v) is 4.52. The molecule has 1 fully saturated rings. The Morgan fingerprint density at radius 3 is 2.27 bits per heavy atom. The number of hydrogen-bond donors (Lipinski definition) is 2. The van der Waals surface area contributed by atoms with Crippen LogP contribution in [0.4, 0.5) is 13.2 Å². The topological polar surface area (TPSA) is 23.5 Å². The van der Waals surface area contributed by atoms with E-state index in [9.17, 15) is 13.2 Å². The van der Waals surface area contributed by atoms with Crippen LogP contribution in [-0.2, 0) is 0 Å². The summed E-state index contributed by atoms with van der Waals surface area (Å²) in [6, 6.07) is 0. The lowest BCUT2D eigenvalue weighted by Crippen LogP contribution is -2.40. The summed E-state index contributed by atoms with van der Waals surface area (Å²) in [5.74, 6) is 0.618. The maximum absolute atomic E-state index is 12.2. The van der Waals surface area contributed by atoms with Crippen molar-refractivity contribution in [1.29, 1.82) is 0 Å². The summed E-state index contributed by atoms with van der Waals surface area (Å²) in [6.07, 6.45) is -2.31. The van der Waals surface area contributed by atoms with Gasteiger partial charge >= 0.3 is 6.18 Å². The van der Waals surface area contributed by atoms with Crippen molar-refractivity contribution < 1.29 is 18.3 Å². The number of nitrogens with zero attached hydrogens (tertiary/aromatic N) is 1. The number of halogens is 3. The second-order valence-electron chi connectivity index (χ2n) is 4.21. The molecule has 1 aliphatic rings. The highest BCUT2D eigenvalue weighted by molar-refractivity contribution is 7.80. The molecule has 0 spiro atoms. The fourth-order valence-corrected chi connectivity index (χ4v) is 2.04. The maximum atomic E-state index is 12.2. The number of hydrogen-bond acceptors (Lipinski definition) is 3. The molecule has 0 aliphatic heterocycles. The smallest absolute Gasteiger partial charge is 0.395 e. The van der Waals surface area contributed by atoms with E-state index >= 15 is 0 Å². The van der Waals surface area contributed by atoms with Gasteiger partial charge in [0.15, 0.2) is 0 Å². The summed E-state index contributed by atoms with van der Waals surface area (Å²) in [7, 11) is 0. The second kappa shape index (κ2) is 4.93. The lowest BCUT2D eigenvalue weighted by Gasteiger charge is -2.26. The van der Waals surface area contributed by atoms with Gasteiger partial charge in [-0.3, -0.25) is 4.90 Å². The fourth-order valence-electron chi connectivity index (χ4n) is 1.63. The molecule has 0 bridgehead atoms. The average Bonchev–Trinajstić information content (AvgIpc) is 2.83. The van der Waals surface area contributed by atoms with Crippen LogP contribution in [0, 0.1) is 5.41 Å². The molecule has 6 heteroatoms. The van der Waals surface area contributed by atoms with Crippen molar-refractivity contribution in [1.82, 2.24) is 4.90 Å². The van der Waals surface area contributed by atoms with E-state index in [0.717, 1.165) is 12.8 Å². The van der Waals surface area contributed by atoms with Crippen LogP contribution < -0.4 is 0 Å². The van der Waals surface area contributed by atoms with Crippen LogP contribution in [-0.4, -0.2) is 48.2 Å². The lowest BCUT2D eigenvalue weighted by atomic mass is 10.1. The van der Waals surface area contributed by atoms with Crippen molar-refractivity contribution in [3.8, 4) is 0 Å². The summed E-state index contributed by atoms with van der Waals surface area (Å²) in [5, 5.41) is 8.70. The molecule has 0 aromatic rings. The highest BCUT2D eigenvalue weighted by Gasteiger charge is 2.44. The van der Waals surface area contributed by atoms with Crippen molar-refractivity contribution in [2.75, 3.05) is 32.0 Å². The van der Waals surface area contributed by atoms with Crippen LogP contribution in [0.15, 0.2) is 0 Å². The third-order valence-electron chi connectivity index (χ3n) is 2.67. The third kappa shape index (κ3) is 4.61. The van der Waals surface area contributed by atoms with Gasteiger partial charge in [0.2, 0.25) is 0 Å². The van der Waals surface area contributed by atoms with Gasteiger partial charge in [-0.05, 0) is 24.0 Å². The standard InChI is InChI=1S/C9H16F3NOS/c10-9(11,12)6-13(3-4-14)5-8(7-15)1-2-8/h14-15H,1-7H2. The summed E-state index contributed by atoms with van der Waals surface area (Å²) in [6.45, 7) is -0.715. The molecule has 0 aromatic heterocycles. The van der Waals surface area contributed by atoms with E-state index in [1.165, 1.54) is 4.90 Å². The Morgan fingerprint density at radius 2 is 1.93 bits per heavy atom. The van der Waals surface area contributed by atoms with Gasteiger partial charge in [-0.15, -0.1) is 0 Å². The van der Waals surface area contributed by atoms with E-state index in [4.69, 9.17) is 5.11 Å². The van der Waals surface area contributed by atoms with Gasteiger partial charge in [-0.2, -0.15) is 25.8 Å². The average molecular weight is 243 g/mol. The molecule has 0 amide bonds. The Morgan fingerprint density at radius 1 is 1.33 bits per heavy atom. The zero-order valence-corrected chi connectivity index (χ0v) is 9.32. The van der Waals surface area contributed by atoms with Crippen molar-refractivity contribution >= 4 is 12.6 Å². The van der Waals surface area contributed by atoms with Crippen molar-refractivity contribution in [3.05, 3.63) is 0 Å². The number of aliphatic hydroxyl groups excluding tert-OH is 1. The molecule has 2 nitrogen and oxygen atoms in total. The largest absolute Gasteiger partial charge is 0.401 e. The SMILES string of the molecule is OCCN(CC(F)(F)F)CC1(CS)CC1. The zero-order valence-electron chi connectivity index (χ0n) is 8.43. The van der Waals surface area contributed by atoms with Crippen molar-refractivity contribution in [2.45, 2.75) is 19.0 Å². The minimum atomic E-state index is -4.19. The molecule has 1 rings (SSSR count). The van der Waals surface area contributed by atoms with E-state index in [-0.39, 0.29) is 18.6 Å². The minimum absolute atomic E-state index is 0.0382. The fraction of sp³-hybridized carbons (Fsp3) is 1.00. The van der Waals surface area contributed by atoms with Crippen LogP contribution in [0.1, 0.15) is 12.8 Å². The number of thiol groups is 1. The predicted octanol–water partition coefficient (Wildman–Crippen LogP) is 1.55. The summed E-state index contributed by atoms with van der Waals surface area (Å²) >= 11 is 4.15. The van der Waals surface area contributed by atoms with E-state index in [1.807, 2.05) is 0 Å². The Hall–Kier alpha value is 0.0600. The number of rotatable bonds is 6. The van der Waals surface area contributed by atoms with Crippen molar-refractivity contribution in [2.24, 2.45) is 5.41 Å². The molecule has 0 atom stereocenters. The summed E-state index contributed by atoms with van der Waals surface area (Å²) in [4.78, 5) is 1.27. The molecule has 15 heavy (non-hydrogen) atoms. The van der Waals surface area contributed by atoms with Crippen LogP contribution >= 0.6 is 12.6 Å². The molecule has 90 valence electrons. The highest BCUT2D eigenvalue weighted by Crippen LogP contribution is 2.47. The molecule has 0 radical (unpaired) electrons. The molecule has 1 saturated carbocycles. The number of aliphatic hydroxyl groups is 1. The highest BCUT2D eigenvalue weighted by atomic mass is 32.1. The predicted molar refractivity (Wildman–Crippen MR) is 55.1 cm³/mol. The Balaban J connectivity index is 2.43. The van der Waals surface area contributed by atoms with Crippen LogP contribution in [0.2, 0.25) is 0 Å². The molecule has 0 aromatic carbocycles. The molecule has 1 N–H and O–H groups in total. The first-order valence-corrected chi connectivity index (χ1v) is 5.55. The minimum Gasteiger partial charge on any atom is -0.395 e. The van der Waals surface area contributed by atoms with Gasteiger partial charge in [-0.1, -0.05) is 0 Å². The first-order valence-electron chi connectivity index (χ1n) is 4.92. The molecule has 0 unspecified atom stereocenters. The third-order valence-corrected chi connectivity index (χ3v) is 3.34. The first kappa shape index (κ1) is 13.1. The Bertz CT molecular complexity index is 206. The van der Waals surface area contributed by atoms with Crippen LogP contribution in [0.25, 0.3) is 0 Å². The summed E-state index contributed by atoms with van der Waals surface area (Å²) in [5.41, 5.74) is -0.0382. The monoisotopic (exact) mass is 243 g/mol. The van der Waals surface area contributed by atoms with Crippen molar-refractivity contribution in [3.63, 3.8) is 0 Å². The Kier molecular flexibility index (Phi) is 4.31. The normalized spacial score (nSPS) is 19.6. The van der Waals surface area contributed by atoms with E-state index in [0.29, 0.717) is 12.3 Å². The van der Waals surface area contributed by atoms with Crippen LogP contribution in [0.5, 0.6) is 0 Å². The molecule has 0 heterocycles. The molecule has 0 saturated heterocycles. The molecule has 1 aliphatic carbocycles. The van der Waals surface area contributed by atoms with Crippen LogP contribution in [0.3, 0.4) is 0 Å². The van der Waals surface area contributed by atoms with E-state index in [1.54, 1.807) is 0 Å². The Labute approximate surface area is 92.9 Å². The first-order chi connectivity index (χ1) is 6.91. The van der Waals surface area contributed by atoms with Gasteiger partial charge in [0, 0.05) is 13.1 Å². The van der Waals surface area contributed by atoms with Gasteiger partial charge in [0.05, 0.1) is 13.2 Å². The van der Waals surface area contributed by atoms with Gasteiger partial charge in [0.1, 0.15) is 0 Å². The van der Waals surface area contributed by atoms with E-state index in [2.05, 4.69) is 12.6 Å². The lowest BCUT2D eigenvalue weighted by molar-refractivity contribution is -0.148. The zero-order chi connectivity index (χ0) is 11.5. The van der Waals surface area contributed by atoms with Gasteiger partial charge < -0.3 is 5.11 Å². The maximum Gasteiger partial charge on any atom is 0.401 e. The van der Waals surface area contributed by atoms with Gasteiger partial charge in [0.25, 0.3) is 0 Å². The summed E-state index contributed by atoms with van der Waals surface area (Å²) < 4.78 is 36.6. The number of alkyl halides is 3. The molecular weight excluding hydrogens is 227 g/mol. The van der Waals surface area contributed by atoms with E-state index < -0.39 is 12.7 Å². The molecular formula is C9H16F3NOS.